The number of pyridine rings is 1. The molecular weight excluding hydrogens is 222 g/mol. The van der Waals surface area contributed by atoms with Gasteiger partial charge in [-0.2, -0.15) is 0 Å². The number of nitrogens with one attached hydrogen (secondary N) is 1. The molecule has 0 spiro atoms. The molecule has 2 nitrogen and oxygen atoms in total. The van der Waals surface area contributed by atoms with Crippen LogP contribution in [0.25, 0.3) is 10.9 Å². The number of fused-ring (bicyclic) bond motifs is 1. The van der Waals surface area contributed by atoms with Crippen LogP contribution in [0.1, 0.15) is 23.2 Å². The Kier molecular flexibility index (Phi) is 2.96. The molecule has 0 fully saturated rings. The van der Waals surface area contributed by atoms with Gasteiger partial charge in [0.05, 0.1) is 5.52 Å². The Hall–Kier alpha value is -1.71. The number of hydrogen-bond donors (Lipinski definition) is 1. The number of benzene rings is 1. The molecule has 0 aliphatic carbocycles. The summed E-state index contributed by atoms with van der Waals surface area (Å²) in [6.07, 6.45) is -2.55. The standard InChI is InChI=1S/C13H14F2N2/c1-7-4-5-8(2)12-11(7)9(16-3)6-10(17-12)13(14)15/h4-6,13H,1-3H3,(H,16,17). The maximum absolute atomic E-state index is 12.8. The lowest BCUT2D eigenvalue weighted by atomic mass is 10.0. The molecule has 1 N–H and O–H groups in total. The Labute approximate surface area is 98.7 Å². The molecule has 0 bridgehead atoms. The minimum atomic E-state index is -2.55. The van der Waals surface area contributed by atoms with Crippen molar-refractivity contribution in [3.8, 4) is 0 Å². The maximum Gasteiger partial charge on any atom is 0.280 e. The van der Waals surface area contributed by atoms with Crippen LogP contribution in [0.3, 0.4) is 0 Å². The van der Waals surface area contributed by atoms with Crippen LogP contribution >= 0.6 is 0 Å². The number of alkyl halides is 2. The smallest absolute Gasteiger partial charge is 0.280 e. The van der Waals surface area contributed by atoms with Crippen LogP contribution in [-0.4, -0.2) is 12.0 Å². The molecule has 2 aromatic rings. The highest BCUT2D eigenvalue weighted by atomic mass is 19.3. The van der Waals surface area contributed by atoms with Crippen LogP contribution in [0.5, 0.6) is 0 Å². The van der Waals surface area contributed by atoms with Crippen LogP contribution in [0, 0.1) is 13.8 Å². The lowest BCUT2D eigenvalue weighted by Crippen LogP contribution is -1.99. The number of hydrogen-bond acceptors (Lipinski definition) is 2. The summed E-state index contributed by atoms with van der Waals surface area (Å²) in [7, 11) is 1.73. The monoisotopic (exact) mass is 236 g/mol. The van der Waals surface area contributed by atoms with E-state index in [2.05, 4.69) is 10.3 Å². The molecule has 17 heavy (non-hydrogen) atoms. The topological polar surface area (TPSA) is 24.9 Å². The second-order valence-electron chi connectivity index (χ2n) is 4.07. The average Bonchev–Trinajstić information content (AvgIpc) is 2.32. The summed E-state index contributed by atoms with van der Waals surface area (Å²) < 4.78 is 25.5. The average molecular weight is 236 g/mol. The van der Waals surface area contributed by atoms with E-state index in [4.69, 9.17) is 0 Å². The molecule has 0 amide bonds. The Bertz CT molecular complexity index is 565. The fourth-order valence-electron chi connectivity index (χ4n) is 1.97. The van der Waals surface area contributed by atoms with E-state index in [1.165, 1.54) is 6.07 Å². The Balaban J connectivity index is 2.87. The molecule has 2 rings (SSSR count). The van der Waals surface area contributed by atoms with E-state index in [1.807, 2.05) is 26.0 Å². The molecule has 0 radical (unpaired) electrons. The SMILES string of the molecule is CNc1cc(C(F)F)nc2c(C)ccc(C)c12. The zero-order chi connectivity index (χ0) is 12.6. The van der Waals surface area contributed by atoms with Crippen molar-refractivity contribution in [1.29, 1.82) is 0 Å². The summed E-state index contributed by atoms with van der Waals surface area (Å²) >= 11 is 0. The van der Waals surface area contributed by atoms with E-state index in [9.17, 15) is 8.78 Å². The summed E-state index contributed by atoms with van der Waals surface area (Å²) in [6, 6.07) is 5.29. The number of halogens is 2. The van der Waals surface area contributed by atoms with Gasteiger partial charge in [0.25, 0.3) is 6.43 Å². The lowest BCUT2D eigenvalue weighted by Gasteiger charge is -2.12. The second-order valence-corrected chi connectivity index (χ2v) is 4.07. The summed E-state index contributed by atoms with van der Waals surface area (Å²) in [5.41, 5.74) is 3.10. The van der Waals surface area contributed by atoms with Crippen molar-refractivity contribution in [2.45, 2.75) is 20.3 Å². The van der Waals surface area contributed by atoms with Crippen molar-refractivity contribution in [3.63, 3.8) is 0 Å². The first-order valence-corrected chi connectivity index (χ1v) is 5.41. The summed E-state index contributed by atoms with van der Waals surface area (Å²) in [4.78, 5) is 4.05. The first-order chi connectivity index (χ1) is 8.04. The van der Waals surface area contributed by atoms with Gasteiger partial charge in [-0.05, 0) is 31.0 Å². The second kappa shape index (κ2) is 4.28. The van der Waals surface area contributed by atoms with Crippen LogP contribution in [0.4, 0.5) is 14.5 Å². The van der Waals surface area contributed by atoms with Crippen molar-refractivity contribution >= 4 is 16.6 Å². The van der Waals surface area contributed by atoms with Gasteiger partial charge >= 0.3 is 0 Å². The predicted molar refractivity (Wildman–Crippen MR) is 65.7 cm³/mol. The van der Waals surface area contributed by atoms with E-state index >= 15 is 0 Å². The Morgan fingerprint density at radius 2 is 1.82 bits per heavy atom. The molecule has 90 valence electrons. The molecule has 4 heteroatoms. The van der Waals surface area contributed by atoms with Gasteiger partial charge < -0.3 is 5.32 Å². The fourth-order valence-corrected chi connectivity index (χ4v) is 1.97. The van der Waals surface area contributed by atoms with Gasteiger partial charge in [-0.1, -0.05) is 12.1 Å². The van der Waals surface area contributed by atoms with Gasteiger partial charge in [0, 0.05) is 18.1 Å². The predicted octanol–water partition coefficient (Wildman–Crippen LogP) is 3.83. The maximum atomic E-state index is 12.8. The summed E-state index contributed by atoms with van der Waals surface area (Å²) in [6.45, 7) is 3.83. The third kappa shape index (κ3) is 1.95. The minimum absolute atomic E-state index is 0.185. The first kappa shape index (κ1) is 11.8. The van der Waals surface area contributed by atoms with Crippen LogP contribution in [0.2, 0.25) is 0 Å². The van der Waals surface area contributed by atoms with Crippen LogP contribution in [0.15, 0.2) is 18.2 Å². The number of nitrogens with zero attached hydrogens (tertiary/aromatic N) is 1. The normalized spacial score (nSPS) is 11.2. The molecule has 0 atom stereocenters. The molecule has 0 saturated heterocycles. The van der Waals surface area contributed by atoms with E-state index in [-0.39, 0.29) is 5.69 Å². The quantitative estimate of drug-likeness (QED) is 0.857. The molecule has 0 aliphatic rings. The summed E-state index contributed by atoms with van der Waals surface area (Å²) in [5.74, 6) is 0. The third-order valence-corrected chi connectivity index (χ3v) is 2.88. The molecule has 0 aliphatic heterocycles. The number of aromatic nitrogens is 1. The molecule has 1 aromatic carbocycles. The first-order valence-electron chi connectivity index (χ1n) is 5.41. The van der Waals surface area contributed by atoms with Crippen molar-refractivity contribution in [2.75, 3.05) is 12.4 Å². The van der Waals surface area contributed by atoms with E-state index in [1.54, 1.807) is 7.05 Å². The molecule has 1 heterocycles. The van der Waals surface area contributed by atoms with E-state index in [0.717, 1.165) is 16.5 Å². The molecular formula is C13H14F2N2. The van der Waals surface area contributed by atoms with Gasteiger partial charge in [0.15, 0.2) is 0 Å². The lowest BCUT2D eigenvalue weighted by molar-refractivity contribution is 0.146. The van der Waals surface area contributed by atoms with Gasteiger partial charge in [0.2, 0.25) is 0 Å². The van der Waals surface area contributed by atoms with Crippen molar-refractivity contribution in [3.05, 3.63) is 35.0 Å². The van der Waals surface area contributed by atoms with Crippen LogP contribution in [-0.2, 0) is 0 Å². The highest BCUT2D eigenvalue weighted by Gasteiger charge is 2.14. The Morgan fingerprint density at radius 1 is 1.18 bits per heavy atom. The van der Waals surface area contributed by atoms with Gasteiger partial charge in [0.1, 0.15) is 5.69 Å². The molecule has 0 unspecified atom stereocenters. The third-order valence-electron chi connectivity index (χ3n) is 2.88. The number of anilines is 1. The largest absolute Gasteiger partial charge is 0.388 e. The zero-order valence-electron chi connectivity index (χ0n) is 10.0. The van der Waals surface area contributed by atoms with Gasteiger partial charge in [-0.15, -0.1) is 0 Å². The van der Waals surface area contributed by atoms with Crippen molar-refractivity contribution < 1.29 is 8.78 Å². The zero-order valence-corrected chi connectivity index (χ0v) is 10.0. The Morgan fingerprint density at radius 3 is 2.41 bits per heavy atom. The van der Waals surface area contributed by atoms with E-state index < -0.39 is 6.43 Å². The minimum Gasteiger partial charge on any atom is -0.388 e. The highest BCUT2D eigenvalue weighted by molar-refractivity contribution is 5.95. The van der Waals surface area contributed by atoms with E-state index in [0.29, 0.717) is 11.2 Å². The van der Waals surface area contributed by atoms with Gasteiger partial charge in [-0.3, -0.25) is 0 Å². The highest BCUT2D eigenvalue weighted by Crippen LogP contribution is 2.31. The van der Waals surface area contributed by atoms with Crippen molar-refractivity contribution in [2.24, 2.45) is 0 Å². The van der Waals surface area contributed by atoms with Gasteiger partial charge in [-0.25, -0.2) is 13.8 Å². The molecule has 1 aromatic heterocycles. The summed E-state index contributed by atoms with van der Waals surface area (Å²) in [5, 5.41) is 3.87. The van der Waals surface area contributed by atoms with Crippen molar-refractivity contribution in [1.82, 2.24) is 4.98 Å². The molecule has 0 saturated carbocycles. The fraction of sp³-hybridized carbons (Fsp3) is 0.308. The number of aryl methyl sites for hydroxylation is 2. The van der Waals surface area contributed by atoms with Crippen LogP contribution < -0.4 is 5.32 Å². The number of rotatable bonds is 2.